The summed E-state index contributed by atoms with van der Waals surface area (Å²) in [6.07, 6.45) is 0. The number of anilines is 1. The number of rotatable bonds is 6. The zero-order valence-corrected chi connectivity index (χ0v) is 16.1. The molecule has 6 nitrogen and oxygen atoms in total. The van der Waals surface area contributed by atoms with E-state index in [-0.39, 0.29) is 17.3 Å². The number of nitrogens with one attached hydrogen (secondary N) is 1. The van der Waals surface area contributed by atoms with Crippen LogP contribution in [0.2, 0.25) is 5.02 Å². The third-order valence-electron chi connectivity index (χ3n) is 4.03. The predicted molar refractivity (Wildman–Crippen MR) is 103 cm³/mol. The van der Waals surface area contributed by atoms with Crippen molar-refractivity contribution in [2.75, 3.05) is 19.5 Å². The fraction of sp³-hybridized carbons (Fsp3) is 0.158. The van der Waals surface area contributed by atoms with Crippen molar-refractivity contribution in [2.24, 2.45) is 0 Å². The number of methoxy groups -OCH3 is 2. The Hall–Kier alpha value is -2.70. The predicted octanol–water partition coefficient (Wildman–Crippen LogP) is 3.79. The lowest BCUT2D eigenvalue weighted by Crippen LogP contribution is -2.31. The maximum absolute atomic E-state index is 12.8. The van der Waals surface area contributed by atoms with Gasteiger partial charge in [-0.25, -0.2) is 0 Å². The van der Waals surface area contributed by atoms with Crippen LogP contribution < -0.4 is 14.8 Å². The average Bonchev–Trinajstić information content (AvgIpc) is 2.87. The van der Waals surface area contributed by atoms with Gasteiger partial charge in [-0.1, -0.05) is 35.3 Å². The van der Waals surface area contributed by atoms with Crippen LogP contribution >= 0.6 is 23.2 Å². The molecule has 0 fully saturated rings. The van der Waals surface area contributed by atoms with Gasteiger partial charge in [0.25, 0.3) is 11.8 Å². The first kappa shape index (κ1) is 19.1. The lowest BCUT2D eigenvalue weighted by Gasteiger charge is -2.16. The van der Waals surface area contributed by atoms with E-state index in [9.17, 15) is 9.59 Å². The van der Waals surface area contributed by atoms with Crippen LogP contribution in [0.1, 0.15) is 5.56 Å². The molecule has 2 aromatic carbocycles. The number of carbonyl (C=O) groups is 2. The Morgan fingerprint density at radius 1 is 0.963 bits per heavy atom. The monoisotopic (exact) mass is 406 g/mol. The van der Waals surface area contributed by atoms with Crippen molar-refractivity contribution in [1.29, 1.82) is 0 Å². The minimum Gasteiger partial charge on any atom is -0.497 e. The Morgan fingerprint density at radius 2 is 1.67 bits per heavy atom. The van der Waals surface area contributed by atoms with Gasteiger partial charge in [-0.2, -0.15) is 0 Å². The lowest BCUT2D eigenvalue weighted by atomic mass is 10.2. The van der Waals surface area contributed by atoms with Gasteiger partial charge in [0.1, 0.15) is 22.2 Å². The van der Waals surface area contributed by atoms with Crippen LogP contribution in [-0.4, -0.2) is 30.9 Å². The minimum atomic E-state index is -0.569. The second kappa shape index (κ2) is 7.90. The Morgan fingerprint density at radius 3 is 2.30 bits per heavy atom. The van der Waals surface area contributed by atoms with Crippen LogP contribution in [0.3, 0.4) is 0 Å². The van der Waals surface area contributed by atoms with E-state index in [2.05, 4.69) is 5.32 Å². The number of ether oxygens (including phenoxy) is 2. The standard InChI is InChI=1S/C19H16Cl2N2O4/c1-26-13-7-8-15(27-2)14(9-13)22-17-16(21)18(24)23(19(17)25)10-11-3-5-12(20)6-4-11/h3-9,22H,10H2,1-2H3. The fourth-order valence-corrected chi connectivity index (χ4v) is 2.97. The quantitative estimate of drug-likeness (QED) is 0.739. The molecule has 0 saturated carbocycles. The van der Waals surface area contributed by atoms with Gasteiger partial charge >= 0.3 is 0 Å². The van der Waals surface area contributed by atoms with E-state index >= 15 is 0 Å². The Labute approximate surface area is 166 Å². The van der Waals surface area contributed by atoms with Crippen LogP contribution in [0, 0.1) is 0 Å². The van der Waals surface area contributed by atoms with Crippen molar-refractivity contribution in [3.8, 4) is 11.5 Å². The van der Waals surface area contributed by atoms with Crippen LogP contribution in [0.4, 0.5) is 5.69 Å². The molecule has 0 aromatic heterocycles. The molecule has 140 valence electrons. The maximum atomic E-state index is 12.8. The van der Waals surface area contributed by atoms with E-state index < -0.39 is 11.8 Å². The molecule has 1 N–H and O–H groups in total. The van der Waals surface area contributed by atoms with Crippen molar-refractivity contribution < 1.29 is 19.1 Å². The second-order valence-corrected chi connectivity index (χ2v) is 6.52. The van der Waals surface area contributed by atoms with Crippen molar-refractivity contribution >= 4 is 40.7 Å². The van der Waals surface area contributed by atoms with Crippen LogP contribution in [0.5, 0.6) is 11.5 Å². The number of halogens is 2. The molecule has 3 rings (SSSR count). The normalized spacial score (nSPS) is 14.0. The number of hydrogen-bond acceptors (Lipinski definition) is 5. The van der Waals surface area contributed by atoms with Gasteiger partial charge in [0.15, 0.2) is 0 Å². The summed E-state index contributed by atoms with van der Waals surface area (Å²) in [5.74, 6) is -0.0558. The molecule has 1 aliphatic heterocycles. The maximum Gasteiger partial charge on any atom is 0.279 e. The Kier molecular flexibility index (Phi) is 5.58. The van der Waals surface area contributed by atoms with E-state index in [1.807, 2.05) is 0 Å². The van der Waals surface area contributed by atoms with E-state index in [0.29, 0.717) is 22.2 Å². The highest BCUT2D eigenvalue weighted by Gasteiger charge is 2.38. The SMILES string of the molecule is COc1ccc(OC)c(NC2=C(Cl)C(=O)N(Cc3ccc(Cl)cc3)C2=O)c1. The topological polar surface area (TPSA) is 67.9 Å². The van der Waals surface area contributed by atoms with Gasteiger partial charge in [-0.15, -0.1) is 0 Å². The first-order valence-electron chi connectivity index (χ1n) is 7.94. The van der Waals surface area contributed by atoms with Crippen molar-refractivity contribution in [3.05, 3.63) is 63.8 Å². The molecule has 0 spiro atoms. The van der Waals surface area contributed by atoms with Crippen molar-refractivity contribution in [2.45, 2.75) is 6.54 Å². The highest BCUT2D eigenvalue weighted by atomic mass is 35.5. The minimum absolute atomic E-state index is 0.0119. The summed E-state index contributed by atoms with van der Waals surface area (Å²) in [6.45, 7) is 0.0888. The van der Waals surface area contributed by atoms with E-state index in [1.54, 1.807) is 42.5 Å². The number of benzene rings is 2. The van der Waals surface area contributed by atoms with Gasteiger partial charge in [-0.3, -0.25) is 14.5 Å². The molecule has 27 heavy (non-hydrogen) atoms. The number of imide groups is 1. The molecule has 0 unspecified atom stereocenters. The molecule has 0 bridgehead atoms. The van der Waals surface area contributed by atoms with E-state index in [0.717, 1.165) is 10.5 Å². The number of nitrogens with zero attached hydrogens (tertiary/aromatic N) is 1. The number of carbonyl (C=O) groups excluding carboxylic acids is 2. The van der Waals surface area contributed by atoms with Crippen molar-refractivity contribution in [3.63, 3.8) is 0 Å². The molecule has 2 amide bonds. The van der Waals surface area contributed by atoms with Gasteiger partial charge in [0.05, 0.1) is 26.5 Å². The molecule has 2 aromatic rings. The van der Waals surface area contributed by atoms with Crippen LogP contribution in [0.25, 0.3) is 0 Å². The smallest absolute Gasteiger partial charge is 0.279 e. The molecule has 1 aliphatic rings. The number of hydrogen-bond donors (Lipinski definition) is 1. The summed E-state index contributed by atoms with van der Waals surface area (Å²) in [6, 6.07) is 11.9. The van der Waals surface area contributed by atoms with Crippen molar-refractivity contribution in [1.82, 2.24) is 4.90 Å². The van der Waals surface area contributed by atoms with E-state index in [4.69, 9.17) is 32.7 Å². The first-order valence-corrected chi connectivity index (χ1v) is 8.69. The van der Waals surface area contributed by atoms with Crippen LogP contribution in [-0.2, 0) is 16.1 Å². The summed E-state index contributed by atoms with van der Waals surface area (Å²) < 4.78 is 10.5. The average molecular weight is 407 g/mol. The van der Waals surface area contributed by atoms with E-state index in [1.165, 1.54) is 14.2 Å². The summed E-state index contributed by atoms with van der Waals surface area (Å²) in [4.78, 5) is 26.3. The number of amides is 2. The molecule has 8 heteroatoms. The Balaban J connectivity index is 1.85. The zero-order valence-electron chi connectivity index (χ0n) is 14.6. The van der Waals surface area contributed by atoms with Gasteiger partial charge in [0.2, 0.25) is 0 Å². The van der Waals surface area contributed by atoms with Gasteiger partial charge in [0, 0.05) is 11.1 Å². The van der Waals surface area contributed by atoms with Gasteiger partial charge < -0.3 is 14.8 Å². The highest BCUT2D eigenvalue weighted by molar-refractivity contribution is 6.48. The lowest BCUT2D eigenvalue weighted by molar-refractivity contribution is -0.138. The highest BCUT2D eigenvalue weighted by Crippen LogP contribution is 2.33. The fourth-order valence-electron chi connectivity index (χ4n) is 2.62. The summed E-state index contributed by atoms with van der Waals surface area (Å²) in [5.41, 5.74) is 1.20. The molecule has 1 heterocycles. The molecule has 0 aliphatic carbocycles. The molecular formula is C19H16Cl2N2O4. The molecule has 0 atom stereocenters. The summed E-state index contributed by atoms with van der Waals surface area (Å²) in [7, 11) is 3.02. The molecule has 0 saturated heterocycles. The summed E-state index contributed by atoms with van der Waals surface area (Å²) in [5, 5.41) is 3.29. The van der Waals surface area contributed by atoms with Crippen LogP contribution in [0.15, 0.2) is 53.2 Å². The second-order valence-electron chi connectivity index (χ2n) is 5.70. The Bertz CT molecular complexity index is 926. The van der Waals surface area contributed by atoms with Gasteiger partial charge in [-0.05, 0) is 29.8 Å². The molecule has 0 radical (unpaired) electrons. The third-order valence-corrected chi connectivity index (χ3v) is 4.63. The third kappa shape index (κ3) is 3.86. The zero-order chi connectivity index (χ0) is 19.6. The molecular weight excluding hydrogens is 391 g/mol. The first-order chi connectivity index (χ1) is 12.9. The summed E-state index contributed by atoms with van der Waals surface area (Å²) >= 11 is 12.0. The largest absolute Gasteiger partial charge is 0.497 e.